The van der Waals surface area contributed by atoms with E-state index in [2.05, 4.69) is 5.32 Å². The van der Waals surface area contributed by atoms with Gasteiger partial charge in [0.25, 0.3) is 5.91 Å². The largest absolute Gasteiger partial charge is 0.496 e. The van der Waals surface area contributed by atoms with Gasteiger partial charge >= 0.3 is 12.4 Å². The Balaban J connectivity index is 2.06. The van der Waals surface area contributed by atoms with Crippen molar-refractivity contribution in [2.24, 2.45) is 0 Å². The Labute approximate surface area is 179 Å². The highest BCUT2D eigenvalue weighted by atomic mass is 19.4. The standard InChI is InChI=1S/C23H17F6NO2/c1-13-15(7-5-9-20(13)32-2)21(31)30-19-11-10-14(12-18(19)23(27,28)29)16-6-3-4-8-17(16)22(24,25)26/h3-12H,1-2H3,(H,30,31). The molecule has 0 saturated heterocycles. The zero-order valence-electron chi connectivity index (χ0n) is 16.9. The molecular formula is C23H17F6NO2. The summed E-state index contributed by atoms with van der Waals surface area (Å²) in [5.74, 6) is -0.428. The van der Waals surface area contributed by atoms with Crippen molar-refractivity contribution in [3.05, 3.63) is 82.9 Å². The Morgan fingerprint density at radius 3 is 2.12 bits per heavy atom. The number of carbonyl (C=O) groups is 1. The molecule has 168 valence electrons. The van der Waals surface area contributed by atoms with Crippen LogP contribution in [0, 0.1) is 6.92 Å². The van der Waals surface area contributed by atoms with Gasteiger partial charge in [-0.25, -0.2) is 0 Å². The molecule has 0 aliphatic heterocycles. The Bertz CT molecular complexity index is 1150. The number of ether oxygens (including phenoxy) is 1. The van der Waals surface area contributed by atoms with Gasteiger partial charge in [-0.15, -0.1) is 0 Å². The molecule has 0 saturated carbocycles. The Kier molecular flexibility index (Phi) is 6.20. The molecule has 3 aromatic rings. The Hall–Kier alpha value is -3.49. The number of rotatable bonds is 4. The minimum Gasteiger partial charge on any atom is -0.496 e. The molecule has 0 unspecified atom stereocenters. The van der Waals surface area contributed by atoms with E-state index < -0.39 is 40.6 Å². The van der Waals surface area contributed by atoms with Gasteiger partial charge in [0, 0.05) is 11.1 Å². The quantitative estimate of drug-likeness (QED) is 0.434. The molecule has 0 fully saturated rings. The summed E-state index contributed by atoms with van der Waals surface area (Å²) in [6, 6.07) is 11.5. The van der Waals surface area contributed by atoms with Crippen molar-refractivity contribution in [3.8, 4) is 16.9 Å². The number of halogens is 6. The average molecular weight is 453 g/mol. The number of anilines is 1. The lowest BCUT2D eigenvalue weighted by molar-refractivity contribution is -0.137. The van der Waals surface area contributed by atoms with Crippen molar-refractivity contribution < 1.29 is 35.9 Å². The van der Waals surface area contributed by atoms with Crippen LogP contribution in [-0.2, 0) is 12.4 Å². The van der Waals surface area contributed by atoms with Crippen molar-refractivity contribution in [2.45, 2.75) is 19.3 Å². The monoisotopic (exact) mass is 453 g/mol. The van der Waals surface area contributed by atoms with E-state index in [1.165, 1.54) is 25.3 Å². The van der Waals surface area contributed by atoms with Crippen LogP contribution in [0.4, 0.5) is 32.0 Å². The van der Waals surface area contributed by atoms with E-state index in [9.17, 15) is 31.1 Å². The molecule has 3 nitrogen and oxygen atoms in total. The third kappa shape index (κ3) is 4.71. The van der Waals surface area contributed by atoms with E-state index in [0.717, 1.165) is 30.3 Å². The van der Waals surface area contributed by atoms with E-state index in [-0.39, 0.29) is 11.1 Å². The SMILES string of the molecule is COc1cccc(C(=O)Nc2ccc(-c3ccccc3C(F)(F)F)cc2C(F)(F)F)c1C. The second-order valence-corrected chi connectivity index (χ2v) is 6.89. The number of carbonyl (C=O) groups excluding carboxylic acids is 1. The zero-order chi connectivity index (χ0) is 23.7. The van der Waals surface area contributed by atoms with Crippen molar-refractivity contribution in [3.63, 3.8) is 0 Å². The van der Waals surface area contributed by atoms with Crippen LogP contribution in [0.15, 0.2) is 60.7 Å². The Morgan fingerprint density at radius 2 is 1.50 bits per heavy atom. The minimum atomic E-state index is -4.92. The molecule has 0 heterocycles. The van der Waals surface area contributed by atoms with Crippen LogP contribution in [0.25, 0.3) is 11.1 Å². The average Bonchev–Trinajstić information content (AvgIpc) is 2.72. The van der Waals surface area contributed by atoms with Crippen LogP contribution in [-0.4, -0.2) is 13.0 Å². The first kappa shape index (κ1) is 23.2. The molecule has 1 amide bonds. The van der Waals surface area contributed by atoms with Crippen LogP contribution < -0.4 is 10.1 Å². The maximum atomic E-state index is 13.7. The van der Waals surface area contributed by atoms with Crippen molar-refractivity contribution >= 4 is 11.6 Å². The Morgan fingerprint density at radius 1 is 0.844 bits per heavy atom. The summed E-state index contributed by atoms with van der Waals surface area (Å²) in [6.45, 7) is 1.58. The van der Waals surface area contributed by atoms with E-state index in [0.29, 0.717) is 17.4 Å². The van der Waals surface area contributed by atoms with E-state index in [4.69, 9.17) is 4.74 Å². The molecule has 0 radical (unpaired) electrons. The molecule has 0 aliphatic carbocycles. The van der Waals surface area contributed by atoms with Gasteiger partial charge in [-0.1, -0.05) is 30.3 Å². The molecule has 0 aliphatic rings. The fraction of sp³-hybridized carbons (Fsp3) is 0.174. The fourth-order valence-electron chi connectivity index (χ4n) is 3.31. The number of methoxy groups -OCH3 is 1. The number of benzene rings is 3. The van der Waals surface area contributed by atoms with Crippen LogP contribution in [0.1, 0.15) is 27.0 Å². The smallest absolute Gasteiger partial charge is 0.418 e. The normalized spacial score (nSPS) is 11.9. The van der Waals surface area contributed by atoms with E-state index in [1.54, 1.807) is 13.0 Å². The van der Waals surface area contributed by atoms with Gasteiger partial charge < -0.3 is 10.1 Å². The van der Waals surface area contributed by atoms with Crippen molar-refractivity contribution in [2.75, 3.05) is 12.4 Å². The highest BCUT2D eigenvalue weighted by Crippen LogP contribution is 2.41. The summed E-state index contributed by atoms with van der Waals surface area (Å²) in [4.78, 5) is 12.6. The van der Waals surface area contributed by atoms with Gasteiger partial charge in [-0.3, -0.25) is 4.79 Å². The lowest BCUT2D eigenvalue weighted by atomic mass is 9.96. The number of alkyl halides is 6. The van der Waals surface area contributed by atoms with Gasteiger partial charge in [0.05, 0.1) is 23.9 Å². The second-order valence-electron chi connectivity index (χ2n) is 6.89. The number of hydrogen-bond acceptors (Lipinski definition) is 2. The molecule has 32 heavy (non-hydrogen) atoms. The summed E-state index contributed by atoms with van der Waals surface area (Å²) in [5, 5.41) is 2.21. The van der Waals surface area contributed by atoms with Gasteiger partial charge in [0.2, 0.25) is 0 Å². The molecule has 9 heteroatoms. The molecule has 1 N–H and O–H groups in total. The van der Waals surface area contributed by atoms with Crippen LogP contribution in [0.5, 0.6) is 5.75 Å². The maximum absolute atomic E-state index is 13.7. The highest BCUT2D eigenvalue weighted by Gasteiger charge is 2.36. The summed E-state index contributed by atoms with van der Waals surface area (Å²) in [6.07, 6.45) is -9.67. The third-order valence-corrected chi connectivity index (χ3v) is 4.87. The van der Waals surface area contributed by atoms with Crippen molar-refractivity contribution in [1.29, 1.82) is 0 Å². The molecule has 0 aromatic heterocycles. The summed E-state index contributed by atoms with van der Waals surface area (Å²) >= 11 is 0. The molecule has 3 rings (SSSR count). The van der Waals surface area contributed by atoms with Crippen molar-refractivity contribution in [1.82, 2.24) is 0 Å². The first-order valence-electron chi connectivity index (χ1n) is 9.26. The summed E-state index contributed by atoms with van der Waals surface area (Å²) < 4.78 is 86.3. The first-order valence-corrected chi connectivity index (χ1v) is 9.26. The van der Waals surface area contributed by atoms with Gasteiger partial charge in [-0.05, 0) is 48.4 Å². The molecule has 0 spiro atoms. The molecular weight excluding hydrogens is 436 g/mol. The second kappa shape index (κ2) is 8.57. The van der Waals surface area contributed by atoms with E-state index in [1.807, 2.05) is 0 Å². The first-order chi connectivity index (χ1) is 14.9. The summed E-state index contributed by atoms with van der Waals surface area (Å²) in [7, 11) is 1.39. The lowest BCUT2D eigenvalue weighted by Gasteiger charge is -2.18. The van der Waals surface area contributed by atoms with Crippen LogP contribution in [0.2, 0.25) is 0 Å². The molecule has 0 bridgehead atoms. The zero-order valence-corrected chi connectivity index (χ0v) is 16.9. The lowest BCUT2D eigenvalue weighted by Crippen LogP contribution is -2.18. The summed E-state index contributed by atoms with van der Waals surface area (Å²) in [5.41, 5.74) is -3.04. The topological polar surface area (TPSA) is 38.3 Å². The molecule has 0 atom stereocenters. The number of amides is 1. The predicted octanol–water partition coefficient (Wildman–Crippen LogP) is 6.96. The van der Waals surface area contributed by atoms with Gasteiger partial charge in [0.15, 0.2) is 0 Å². The van der Waals surface area contributed by atoms with Gasteiger partial charge in [0.1, 0.15) is 5.75 Å². The van der Waals surface area contributed by atoms with Crippen LogP contribution >= 0.6 is 0 Å². The minimum absolute atomic E-state index is 0.101. The van der Waals surface area contributed by atoms with Gasteiger partial charge in [-0.2, -0.15) is 26.3 Å². The number of nitrogens with one attached hydrogen (secondary N) is 1. The fourth-order valence-corrected chi connectivity index (χ4v) is 3.31. The predicted molar refractivity (Wildman–Crippen MR) is 108 cm³/mol. The van der Waals surface area contributed by atoms with Crippen LogP contribution in [0.3, 0.4) is 0 Å². The van der Waals surface area contributed by atoms with E-state index >= 15 is 0 Å². The highest BCUT2D eigenvalue weighted by molar-refractivity contribution is 6.06. The maximum Gasteiger partial charge on any atom is 0.418 e. The third-order valence-electron chi connectivity index (χ3n) is 4.87. The number of hydrogen-bond donors (Lipinski definition) is 1. The molecule has 3 aromatic carbocycles.